The molecule has 8 heteroatoms. The summed E-state index contributed by atoms with van der Waals surface area (Å²) in [6.45, 7) is 5.10. The molecule has 1 fully saturated rings. The van der Waals surface area contributed by atoms with E-state index in [4.69, 9.17) is 14.2 Å². The Morgan fingerprint density at radius 3 is 2.42 bits per heavy atom. The first-order valence-electron chi connectivity index (χ1n) is 11.7. The number of rotatable bonds is 7. The third-order valence-corrected chi connectivity index (χ3v) is 7.31. The first-order valence-corrected chi connectivity index (χ1v) is 11.7. The van der Waals surface area contributed by atoms with Gasteiger partial charge in [-0.15, -0.1) is 0 Å². The topological polar surface area (TPSA) is 82.0 Å². The van der Waals surface area contributed by atoms with Gasteiger partial charge in [0.05, 0.1) is 32.9 Å². The lowest BCUT2D eigenvalue weighted by Gasteiger charge is -2.45. The van der Waals surface area contributed by atoms with Crippen molar-refractivity contribution in [1.82, 2.24) is 14.8 Å². The molecule has 2 aliphatic rings. The zero-order valence-corrected chi connectivity index (χ0v) is 20.3. The summed E-state index contributed by atoms with van der Waals surface area (Å²) in [6.07, 6.45) is 4.16. The number of amides is 2. The van der Waals surface area contributed by atoms with Crippen LogP contribution in [-0.2, 0) is 16.1 Å². The molecule has 8 nitrogen and oxygen atoms in total. The fourth-order valence-electron chi connectivity index (χ4n) is 5.23. The largest absolute Gasteiger partial charge is 0.496 e. The molecule has 0 saturated heterocycles. The van der Waals surface area contributed by atoms with Crippen LogP contribution in [0.5, 0.6) is 11.5 Å². The number of carbonyl (C=O) groups is 2. The van der Waals surface area contributed by atoms with Gasteiger partial charge >= 0.3 is 0 Å². The molecule has 1 unspecified atom stereocenters. The van der Waals surface area contributed by atoms with Gasteiger partial charge in [0, 0.05) is 25.1 Å². The summed E-state index contributed by atoms with van der Waals surface area (Å²) in [5.74, 6) is 1.67. The van der Waals surface area contributed by atoms with E-state index in [1.165, 1.54) is 0 Å². The van der Waals surface area contributed by atoms with E-state index in [1.54, 1.807) is 26.2 Å². The molecule has 1 aliphatic heterocycles. The first-order chi connectivity index (χ1) is 15.8. The zero-order valence-electron chi connectivity index (χ0n) is 20.3. The van der Waals surface area contributed by atoms with Crippen molar-refractivity contribution < 1.29 is 23.8 Å². The summed E-state index contributed by atoms with van der Waals surface area (Å²) in [7, 11) is 4.81. The van der Waals surface area contributed by atoms with Crippen molar-refractivity contribution in [3.8, 4) is 11.5 Å². The van der Waals surface area contributed by atoms with Crippen molar-refractivity contribution in [2.45, 2.75) is 57.7 Å². The standard InChI is InChI=1S/C25H35N3O5/c1-16-6-8-17(9-7-16)26-24(30)25(2)15-27-19(23(29)28(25)12-13-31-3)14-18-20(32-4)10-11-21(33-5)22(18)27/h10-11,14,16-17H,6-9,12-13,15H2,1-5H3,(H,26,30). The number of methoxy groups -OCH3 is 3. The first kappa shape index (κ1) is 23.4. The van der Waals surface area contributed by atoms with Crippen LogP contribution in [0.25, 0.3) is 10.9 Å². The molecule has 2 amide bonds. The normalized spacial score (nSPS) is 25.1. The van der Waals surface area contributed by atoms with Crippen molar-refractivity contribution in [3.63, 3.8) is 0 Å². The molecular formula is C25H35N3O5. The Balaban J connectivity index is 1.76. The molecule has 1 aromatic carbocycles. The maximum absolute atomic E-state index is 13.7. The Hall–Kier alpha value is -2.74. The van der Waals surface area contributed by atoms with Crippen LogP contribution in [0.4, 0.5) is 0 Å². The Morgan fingerprint density at radius 2 is 1.79 bits per heavy atom. The smallest absolute Gasteiger partial charge is 0.271 e. The van der Waals surface area contributed by atoms with E-state index in [1.807, 2.05) is 29.7 Å². The van der Waals surface area contributed by atoms with Crippen molar-refractivity contribution >= 4 is 22.7 Å². The number of ether oxygens (including phenoxy) is 3. The summed E-state index contributed by atoms with van der Waals surface area (Å²) in [5, 5.41) is 4.05. The van der Waals surface area contributed by atoms with Gasteiger partial charge in [0.25, 0.3) is 5.91 Å². The molecule has 1 aliphatic carbocycles. The Morgan fingerprint density at radius 1 is 1.12 bits per heavy atom. The summed E-state index contributed by atoms with van der Waals surface area (Å²) < 4.78 is 18.3. The van der Waals surface area contributed by atoms with Gasteiger partial charge in [-0.25, -0.2) is 0 Å². The molecule has 1 atom stereocenters. The third-order valence-electron chi connectivity index (χ3n) is 7.31. The number of benzene rings is 1. The number of aromatic nitrogens is 1. The second-order valence-corrected chi connectivity index (χ2v) is 9.50. The highest BCUT2D eigenvalue weighted by Crippen LogP contribution is 2.40. The number of hydrogen-bond donors (Lipinski definition) is 1. The monoisotopic (exact) mass is 457 g/mol. The molecule has 180 valence electrons. The van der Waals surface area contributed by atoms with Gasteiger partial charge in [0.2, 0.25) is 5.91 Å². The highest BCUT2D eigenvalue weighted by molar-refractivity contribution is 6.05. The summed E-state index contributed by atoms with van der Waals surface area (Å²) >= 11 is 0. The van der Waals surface area contributed by atoms with Crippen LogP contribution in [0.1, 0.15) is 50.0 Å². The molecule has 2 aromatic rings. The summed E-state index contributed by atoms with van der Waals surface area (Å²) in [5.41, 5.74) is 0.212. The van der Waals surface area contributed by atoms with Crippen LogP contribution in [-0.4, -0.2) is 67.3 Å². The predicted octanol–water partition coefficient (Wildman–Crippen LogP) is 3.21. The van der Waals surface area contributed by atoms with E-state index >= 15 is 0 Å². The SMILES string of the molecule is COCCN1C(=O)c2cc3c(OC)ccc(OC)c3n2CC1(C)C(=O)NC1CCC(C)CC1. The molecule has 2 heterocycles. The van der Waals surface area contributed by atoms with Crippen molar-refractivity contribution in [3.05, 3.63) is 23.9 Å². The maximum Gasteiger partial charge on any atom is 0.271 e. The highest BCUT2D eigenvalue weighted by Gasteiger charge is 2.48. The summed E-state index contributed by atoms with van der Waals surface area (Å²) in [6, 6.07) is 5.63. The van der Waals surface area contributed by atoms with E-state index in [0.29, 0.717) is 42.8 Å². The van der Waals surface area contributed by atoms with Gasteiger partial charge < -0.3 is 29.0 Å². The van der Waals surface area contributed by atoms with Crippen molar-refractivity contribution in [2.24, 2.45) is 5.92 Å². The molecule has 0 spiro atoms. The number of hydrogen-bond acceptors (Lipinski definition) is 5. The molecule has 4 rings (SSSR count). The number of nitrogens with one attached hydrogen (secondary N) is 1. The van der Waals surface area contributed by atoms with Gasteiger partial charge in [-0.2, -0.15) is 0 Å². The second kappa shape index (κ2) is 9.25. The van der Waals surface area contributed by atoms with Gasteiger partial charge in [-0.05, 0) is 56.7 Å². The number of fused-ring (bicyclic) bond motifs is 3. The van der Waals surface area contributed by atoms with Crippen LogP contribution in [0, 0.1) is 5.92 Å². The lowest BCUT2D eigenvalue weighted by molar-refractivity contribution is -0.134. The van der Waals surface area contributed by atoms with E-state index in [0.717, 1.165) is 36.6 Å². The second-order valence-electron chi connectivity index (χ2n) is 9.50. The average Bonchev–Trinajstić information content (AvgIpc) is 3.19. The molecule has 0 radical (unpaired) electrons. The minimum atomic E-state index is -1.06. The van der Waals surface area contributed by atoms with Crippen molar-refractivity contribution in [2.75, 3.05) is 34.5 Å². The van der Waals surface area contributed by atoms with Crippen molar-refractivity contribution in [1.29, 1.82) is 0 Å². The molecule has 1 saturated carbocycles. The Labute approximate surface area is 195 Å². The van der Waals surface area contributed by atoms with Gasteiger partial charge in [0.15, 0.2) is 0 Å². The summed E-state index contributed by atoms with van der Waals surface area (Å²) in [4.78, 5) is 29.1. The van der Waals surface area contributed by atoms with Crippen LogP contribution in [0.2, 0.25) is 0 Å². The minimum Gasteiger partial charge on any atom is -0.496 e. The van der Waals surface area contributed by atoms with E-state index < -0.39 is 5.54 Å². The Bertz CT molecular complexity index is 1040. The Kier molecular flexibility index (Phi) is 6.56. The van der Waals surface area contributed by atoms with E-state index in [9.17, 15) is 9.59 Å². The minimum absolute atomic E-state index is 0.124. The van der Waals surface area contributed by atoms with Gasteiger partial charge in [0.1, 0.15) is 22.7 Å². The van der Waals surface area contributed by atoms with Crippen LogP contribution in [0.3, 0.4) is 0 Å². The highest BCUT2D eigenvalue weighted by atomic mass is 16.5. The van der Waals surface area contributed by atoms with Crippen LogP contribution in [0.15, 0.2) is 18.2 Å². The van der Waals surface area contributed by atoms with Gasteiger partial charge in [-0.1, -0.05) is 6.92 Å². The molecule has 0 bridgehead atoms. The van der Waals surface area contributed by atoms with Crippen LogP contribution >= 0.6 is 0 Å². The quantitative estimate of drug-likeness (QED) is 0.690. The predicted molar refractivity (Wildman–Crippen MR) is 126 cm³/mol. The lowest BCUT2D eigenvalue weighted by atomic mass is 9.86. The molecule has 1 aromatic heterocycles. The zero-order chi connectivity index (χ0) is 23.8. The number of carbonyl (C=O) groups excluding carboxylic acids is 2. The maximum atomic E-state index is 13.7. The van der Waals surface area contributed by atoms with Gasteiger partial charge in [-0.3, -0.25) is 9.59 Å². The number of nitrogens with zero attached hydrogens (tertiary/aromatic N) is 2. The lowest BCUT2D eigenvalue weighted by Crippen LogP contribution is -2.65. The molecule has 33 heavy (non-hydrogen) atoms. The van der Waals surface area contributed by atoms with E-state index in [2.05, 4.69) is 12.2 Å². The molecular weight excluding hydrogens is 422 g/mol. The third kappa shape index (κ3) is 4.05. The van der Waals surface area contributed by atoms with Crippen LogP contribution < -0.4 is 14.8 Å². The average molecular weight is 458 g/mol. The van der Waals surface area contributed by atoms with E-state index in [-0.39, 0.29) is 17.9 Å². The fraction of sp³-hybridized carbons (Fsp3) is 0.600. The molecule has 1 N–H and O–H groups in total. The fourth-order valence-corrected chi connectivity index (χ4v) is 5.23.